The molecule has 0 radical (unpaired) electrons. The summed E-state index contributed by atoms with van der Waals surface area (Å²) in [5.41, 5.74) is 9.29. The van der Waals surface area contributed by atoms with Crippen molar-refractivity contribution in [2.75, 3.05) is 12.3 Å². The van der Waals surface area contributed by atoms with Crippen LogP contribution in [0.4, 0.5) is 5.69 Å². The highest BCUT2D eigenvalue weighted by molar-refractivity contribution is 7.07. The predicted octanol–water partition coefficient (Wildman–Crippen LogP) is 2.05. The first kappa shape index (κ1) is 13.4. The Labute approximate surface area is 115 Å². The van der Waals surface area contributed by atoms with Crippen molar-refractivity contribution in [3.8, 4) is 5.75 Å². The van der Waals surface area contributed by atoms with Gasteiger partial charge in [-0.2, -0.15) is 0 Å². The SMILES string of the molecule is CCOc1c(N)cccc1C(=O)NCc1cscn1. The molecule has 100 valence electrons. The number of rotatable bonds is 5. The number of para-hydroxylation sites is 1. The van der Waals surface area contributed by atoms with Gasteiger partial charge < -0.3 is 15.8 Å². The number of carbonyl (C=O) groups is 1. The number of thiazole rings is 1. The maximum atomic E-state index is 12.1. The van der Waals surface area contributed by atoms with Crippen molar-refractivity contribution in [1.82, 2.24) is 10.3 Å². The summed E-state index contributed by atoms with van der Waals surface area (Å²) in [6.45, 7) is 2.70. The van der Waals surface area contributed by atoms with Crippen LogP contribution in [0.1, 0.15) is 23.0 Å². The zero-order chi connectivity index (χ0) is 13.7. The number of benzene rings is 1. The van der Waals surface area contributed by atoms with Gasteiger partial charge in [0.05, 0.1) is 35.6 Å². The second kappa shape index (κ2) is 6.19. The molecule has 1 amide bonds. The van der Waals surface area contributed by atoms with Gasteiger partial charge in [0, 0.05) is 5.38 Å². The molecule has 1 aromatic heterocycles. The van der Waals surface area contributed by atoms with Gasteiger partial charge in [-0.15, -0.1) is 11.3 Å². The van der Waals surface area contributed by atoms with Crippen LogP contribution in [0, 0.1) is 0 Å². The quantitative estimate of drug-likeness (QED) is 0.820. The van der Waals surface area contributed by atoms with Gasteiger partial charge in [0.15, 0.2) is 5.75 Å². The Bertz CT molecular complexity index is 555. The normalized spacial score (nSPS) is 10.2. The lowest BCUT2D eigenvalue weighted by Crippen LogP contribution is -2.24. The Morgan fingerprint density at radius 3 is 3.05 bits per heavy atom. The molecule has 5 nitrogen and oxygen atoms in total. The first-order valence-corrected chi connectivity index (χ1v) is 6.83. The number of hydrogen-bond donors (Lipinski definition) is 2. The predicted molar refractivity (Wildman–Crippen MR) is 75.3 cm³/mol. The van der Waals surface area contributed by atoms with Gasteiger partial charge in [0.25, 0.3) is 5.91 Å². The van der Waals surface area contributed by atoms with Crippen LogP contribution in [-0.2, 0) is 6.54 Å². The minimum Gasteiger partial charge on any atom is -0.491 e. The minimum absolute atomic E-state index is 0.219. The van der Waals surface area contributed by atoms with Crippen LogP contribution in [0.25, 0.3) is 0 Å². The van der Waals surface area contributed by atoms with Crippen LogP contribution in [-0.4, -0.2) is 17.5 Å². The standard InChI is InChI=1S/C13H15N3O2S/c1-2-18-12-10(4-3-5-11(12)14)13(17)15-6-9-7-19-8-16-9/h3-5,7-8H,2,6,14H2,1H3,(H,15,17). The Kier molecular flexibility index (Phi) is 4.35. The lowest BCUT2D eigenvalue weighted by molar-refractivity contribution is 0.0947. The molecule has 0 fully saturated rings. The lowest BCUT2D eigenvalue weighted by atomic mass is 10.1. The number of nitrogen functional groups attached to an aromatic ring is 1. The second-order valence-electron chi connectivity index (χ2n) is 3.82. The number of carbonyl (C=O) groups excluding carboxylic acids is 1. The monoisotopic (exact) mass is 277 g/mol. The molecular formula is C13H15N3O2S. The average molecular weight is 277 g/mol. The number of ether oxygens (including phenoxy) is 1. The summed E-state index contributed by atoms with van der Waals surface area (Å²) in [5.74, 6) is 0.213. The fraction of sp³-hybridized carbons (Fsp3) is 0.231. The van der Waals surface area contributed by atoms with E-state index < -0.39 is 0 Å². The summed E-state index contributed by atoms with van der Waals surface area (Å²) in [6.07, 6.45) is 0. The molecule has 1 aromatic carbocycles. The molecule has 0 saturated carbocycles. The average Bonchev–Trinajstić information content (AvgIpc) is 2.92. The van der Waals surface area contributed by atoms with E-state index in [0.717, 1.165) is 5.69 Å². The maximum Gasteiger partial charge on any atom is 0.255 e. The summed E-state index contributed by atoms with van der Waals surface area (Å²) in [7, 11) is 0. The Balaban J connectivity index is 2.12. The number of nitrogens with zero attached hydrogens (tertiary/aromatic N) is 1. The minimum atomic E-state index is -0.219. The van der Waals surface area contributed by atoms with Gasteiger partial charge in [-0.05, 0) is 19.1 Å². The van der Waals surface area contributed by atoms with Crippen LogP contribution in [0.3, 0.4) is 0 Å². The third kappa shape index (κ3) is 3.23. The highest BCUT2D eigenvalue weighted by atomic mass is 32.1. The molecule has 0 atom stereocenters. The molecule has 19 heavy (non-hydrogen) atoms. The molecule has 0 aliphatic rings. The van der Waals surface area contributed by atoms with E-state index in [1.807, 2.05) is 12.3 Å². The highest BCUT2D eigenvalue weighted by Crippen LogP contribution is 2.26. The molecule has 2 rings (SSSR count). The summed E-state index contributed by atoms with van der Waals surface area (Å²) in [5, 5.41) is 4.69. The number of nitrogens with two attached hydrogens (primary N) is 1. The van der Waals surface area contributed by atoms with Crippen molar-refractivity contribution >= 4 is 22.9 Å². The van der Waals surface area contributed by atoms with E-state index in [1.165, 1.54) is 11.3 Å². The summed E-state index contributed by atoms with van der Waals surface area (Å²) >= 11 is 1.49. The molecular weight excluding hydrogens is 262 g/mol. The first-order valence-electron chi connectivity index (χ1n) is 5.89. The summed E-state index contributed by atoms with van der Waals surface area (Å²) in [4.78, 5) is 16.2. The van der Waals surface area contributed by atoms with E-state index in [0.29, 0.717) is 30.2 Å². The summed E-state index contributed by atoms with van der Waals surface area (Å²) < 4.78 is 5.43. The van der Waals surface area contributed by atoms with E-state index in [-0.39, 0.29) is 5.91 Å². The lowest BCUT2D eigenvalue weighted by Gasteiger charge is -2.12. The van der Waals surface area contributed by atoms with E-state index in [4.69, 9.17) is 10.5 Å². The molecule has 0 spiro atoms. The fourth-order valence-electron chi connectivity index (χ4n) is 1.63. The smallest absolute Gasteiger partial charge is 0.255 e. The number of hydrogen-bond acceptors (Lipinski definition) is 5. The third-order valence-electron chi connectivity index (χ3n) is 2.49. The molecule has 0 bridgehead atoms. The van der Waals surface area contributed by atoms with Gasteiger partial charge in [-0.3, -0.25) is 4.79 Å². The molecule has 0 saturated heterocycles. The van der Waals surface area contributed by atoms with Crippen molar-refractivity contribution in [2.45, 2.75) is 13.5 Å². The van der Waals surface area contributed by atoms with Crippen LogP contribution < -0.4 is 15.8 Å². The second-order valence-corrected chi connectivity index (χ2v) is 4.54. The zero-order valence-corrected chi connectivity index (χ0v) is 11.4. The maximum absolute atomic E-state index is 12.1. The molecule has 0 unspecified atom stereocenters. The van der Waals surface area contributed by atoms with E-state index >= 15 is 0 Å². The van der Waals surface area contributed by atoms with Crippen molar-refractivity contribution < 1.29 is 9.53 Å². The number of aromatic nitrogens is 1. The number of anilines is 1. The van der Waals surface area contributed by atoms with Gasteiger partial charge in [0.2, 0.25) is 0 Å². The zero-order valence-electron chi connectivity index (χ0n) is 10.6. The van der Waals surface area contributed by atoms with Gasteiger partial charge >= 0.3 is 0 Å². The molecule has 0 aliphatic carbocycles. The van der Waals surface area contributed by atoms with Crippen molar-refractivity contribution in [3.63, 3.8) is 0 Å². The van der Waals surface area contributed by atoms with Gasteiger partial charge in [0.1, 0.15) is 0 Å². The molecule has 0 aliphatic heterocycles. The fourth-order valence-corrected chi connectivity index (χ4v) is 2.19. The molecule has 6 heteroatoms. The topological polar surface area (TPSA) is 77.2 Å². The van der Waals surface area contributed by atoms with Crippen LogP contribution >= 0.6 is 11.3 Å². The highest BCUT2D eigenvalue weighted by Gasteiger charge is 2.14. The van der Waals surface area contributed by atoms with Gasteiger partial charge in [-0.1, -0.05) is 6.07 Å². The van der Waals surface area contributed by atoms with Crippen LogP contribution in [0.2, 0.25) is 0 Å². The Morgan fingerprint density at radius 2 is 2.37 bits per heavy atom. The van der Waals surface area contributed by atoms with Crippen molar-refractivity contribution in [2.24, 2.45) is 0 Å². The van der Waals surface area contributed by atoms with Gasteiger partial charge in [-0.25, -0.2) is 4.98 Å². The van der Waals surface area contributed by atoms with E-state index in [9.17, 15) is 4.79 Å². The van der Waals surface area contributed by atoms with E-state index in [1.54, 1.807) is 23.7 Å². The Morgan fingerprint density at radius 1 is 1.53 bits per heavy atom. The molecule has 3 N–H and O–H groups in total. The van der Waals surface area contributed by atoms with Crippen molar-refractivity contribution in [3.05, 3.63) is 40.3 Å². The van der Waals surface area contributed by atoms with Crippen LogP contribution in [0.5, 0.6) is 5.75 Å². The van der Waals surface area contributed by atoms with Crippen molar-refractivity contribution in [1.29, 1.82) is 0 Å². The number of nitrogens with one attached hydrogen (secondary N) is 1. The molecule has 2 aromatic rings. The molecule has 1 heterocycles. The number of amides is 1. The van der Waals surface area contributed by atoms with E-state index in [2.05, 4.69) is 10.3 Å². The Hall–Kier alpha value is -2.08. The third-order valence-corrected chi connectivity index (χ3v) is 3.13. The first-order chi connectivity index (χ1) is 9.22. The largest absolute Gasteiger partial charge is 0.491 e. The summed E-state index contributed by atoms with van der Waals surface area (Å²) in [6, 6.07) is 5.13. The van der Waals surface area contributed by atoms with Crippen LogP contribution in [0.15, 0.2) is 29.1 Å².